The van der Waals surface area contributed by atoms with Gasteiger partial charge in [-0.25, -0.2) is 4.68 Å². The Hall–Kier alpha value is -2.51. The van der Waals surface area contributed by atoms with Crippen molar-refractivity contribution in [1.29, 1.82) is 0 Å². The second-order valence-corrected chi connectivity index (χ2v) is 7.71. The van der Waals surface area contributed by atoms with Crippen molar-refractivity contribution in [2.75, 3.05) is 7.05 Å². The van der Waals surface area contributed by atoms with Crippen molar-refractivity contribution in [3.8, 4) is 5.69 Å². The minimum atomic E-state index is 0.322. The normalized spacial score (nSPS) is 19.4. The molecule has 1 aromatic carbocycles. The molecule has 4 rings (SSSR count). The van der Waals surface area contributed by atoms with Crippen molar-refractivity contribution in [2.45, 2.75) is 44.8 Å². The lowest BCUT2D eigenvalue weighted by Crippen LogP contribution is -2.36. The van der Waals surface area contributed by atoms with E-state index in [1.165, 1.54) is 11.1 Å². The minimum absolute atomic E-state index is 0.322. The van der Waals surface area contributed by atoms with Crippen LogP contribution in [-0.4, -0.2) is 42.5 Å². The highest BCUT2D eigenvalue weighted by molar-refractivity contribution is 5.39. The Morgan fingerprint density at radius 3 is 2.70 bits per heavy atom. The molecule has 2 aromatic heterocycles. The summed E-state index contributed by atoms with van der Waals surface area (Å²) < 4.78 is 4.07. The smallest absolute Gasteiger partial charge is 0.146 e. The maximum atomic E-state index is 5.91. The molecule has 2 N–H and O–H groups in total. The summed E-state index contributed by atoms with van der Waals surface area (Å²) in [5, 5.41) is 13.3. The van der Waals surface area contributed by atoms with Gasteiger partial charge in [0.05, 0.1) is 18.4 Å². The predicted octanol–water partition coefficient (Wildman–Crippen LogP) is 2.15. The van der Waals surface area contributed by atoms with Crippen LogP contribution in [0.3, 0.4) is 0 Å². The summed E-state index contributed by atoms with van der Waals surface area (Å²) in [6, 6.07) is 8.59. The summed E-state index contributed by atoms with van der Waals surface area (Å²) in [5.41, 5.74) is 9.41. The molecular formula is C20H27N7. The van der Waals surface area contributed by atoms with Gasteiger partial charge in [-0.05, 0) is 38.4 Å². The number of nitrogens with zero attached hydrogens (tertiary/aromatic N) is 6. The van der Waals surface area contributed by atoms with Gasteiger partial charge in [0, 0.05) is 37.3 Å². The zero-order valence-electron chi connectivity index (χ0n) is 16.2. The first-order valence-corrected chi connectivity index (χ1v) is 9.43. The van der Waals surface area contributed by atoms with Crippen LogP contribution in [0.2, 0.25) is 0 Å². The predicted molar refractivity (Wildman–Crippen MR) is 104 cm³/mol. The number of hydrogen-bond donors (Lipinski definition) is 1. The maximum absolute atomic E-state index is 5.91. The van der Waals surface area contributed by atoms with E-state index in [9.17, 15) is 0 Å². The van der Waals surface area contributed by atoms with Crippen LogP contribution in [0.25, 0.3) is 5.69 Å². The van der Waals surface area contributed by atoms with Gasteiger partial charge in [0.2, 0.25) is 0 Å². The molecule has 0 radical (unpaired) electrons. The van der Waals surface area contributed by atoms with Gasteiger partial charge in [0.1, 0.15) is 11.6 Å². The van der Waals surface area contributed by atoms with Gasteiger partial charge in [-0.15, -0.1) is 10.2 Å². The van der Waals surface area contributed by atoms with Gasteiger partial charge >= 0.3 is 0 Å². The van der Waals surface area contributed by atoms with Crippen LogP contribution in [0.1, 0.15) is 41.5 Å². The molecule has 142 valence electrons. The molecule has 2 heterocycles. The van der Waals surface area contributed by atoms with E-state index in [-0.39, 0.29) is 0 Å². The minimum Gasteiger partial charge on any atom is -0.328 e. The fourth-order valence-electron chi connectivity index (χ4n) is 3.74. The number of rotatable bonds is 6. The molecule has 7 nitrogen and oxygen atoms in total. The van der Waals surface area contributed by atoms with Crippen molar-refractivity contribution < 1.29 is 0 Å². The summed E-state index contributed by atoms with van der Waals surface area (Å²) in [4.78, 5) is 2.24. The molecule has 0 aliphatic heterocycles. The van der Waals surface area contributed by atoms with Crippen LogP contribution < -0.4 is 5.73 Å². The fraction of sp³-hybridized carbons (Fsp3) is 0.450. The Kier molecular flexibility index (Phi) is 4.80. The van der Waals surface area contributed by atoms with Crippen LogP contribution in [0, 0.1) is 6.92 Å². The lowest BCUT2D eigenvalue weighted by molar-refractivity contribution is 0.302. The monoisotopic (exact) mass is 365 g/mol. The zero-order valence-corrected chi connectivity index (χ0v) is 16.2. The van der Waals surface area contributed by atoms with E-state index in [1.807, 2.05) is 23.0 Å². The molecular weight excluding hydrogens is 338 g/mol. The molecule has 1 aliphatic carbocycles. The summed E-state index contributed by atoms with van der Waals surface area (Å²) in [7, 11) is 4.15. The summed E-state index contributed by atoms with van der Waals surface area (Å²) in [6.07, 6.45) is 6.05. The first kappa shape index (κ1) is 17.9. The number of hydrogen-bond acceptors (Lipinski definition) is 5. The third-order valence-corrected chi connectivity index (χ3v) is 5.40. The Balaban J connectivity index is 1.40. The Morgan fingerprint density at radius 2 is 1.96 bits per heavy atom. The third-order valence-electron chi connectivity index (χ3n) is 5.40. The number of aromatic nitrogens is 5. The standard InChI is InChI=1S/C20H27N7/c1-14-6-4-5-7-18(14)27-12-15(10-22-27)11-25(2)13-19-23-24-20(26(19)3)16-8-17(21)9-16/h4-7,10,12,16-17H,8-9,11,13,21H2,1-3H3. The quantitative estimate of drug-likeness (QED) is 0.724. The lowest BCUT2D eigenvalue weighted by atomic mass is 9.80. The van der Waals surface area contributed by atoms with Gasteiger partial charge in [0.15, 0.2) is 0 Å². The first-order valence-electron chi connectivity index (χ1n) is 9.43. The molecule has 27 heavy (non-hydrogen) atoms. The molecule has 0 atom stereocenters. The first-order chi connectivity index (χ1) is 13.0. The van der Waals surface area contributed by atoms with Crippen molar-refractivity contribution in [3.05, 3.63) is 59.4 Å². The van der Waals surface area contributed by atoms with Gasteiger partial charge in [-0.2, -0.15) is 5.10 Å². The topological polar surface area (TPSA) is 77.8 Å². The average Bonchev–Trinajstić information content (AvgIpc) is 3.20. The van der Waals surface area contributed by atoms with Crippen molar-refractivity contribution >= 4 is 0 Å². The summed E-state index contributed by atoms with van der Waals surface area (Å²) >= 11 is 0. The highest BCUT2D eigenvalue weighted by Gasteiger charge is 2.31. The van der Waals surface area contributed by atoms with Crippen LogP contribution in [0.4, 0.5) is 0 Å². The highest BCUT2D eigenvalue weighted by atomic mass is 15.3. The molecule has 0 spiro atoms. The zero-order chi connectivity index (χ0) is 19.0. The molecule has 0 amide bonds. The van der Waals surface area contributed by atoms with Crippen LogP contribution >= 0.6 is 0 Å². The maximum Gasteiger partial charge on any atom is 0.146 e. The van der Waals surface area contributed by atoms with E-state index in [0.717, 1.165) is 43.3 Å². The van der Waals surface area contributed by atoms with Crippen molar-refractivity contribution in [3.63, 3.8) is 0 Å². The van der Waals surface area contributed by atoms with E-state index in [4.69, 9.17) is 5.73 Å². The van der Waals surface area contributed by atoms with Crippen LogP contribution in [0.5, 0.6) is 0 Å². The van der Waals surface area contributed by atoms with Crippen molar-refractivity contribution in [2.24, 2.45) is 12.8 Å². The molecule has 1 saturated carbocycles. The van der Waals surface area contributed by atoms with Gasteiger partial charge < -0.3 is 10.3 Å². The van der Waals surface area contributed by atoms with Crippen LogP contribution in [0.15, 0.2) is 36.7 Å². The largest absolute Gasteiger partial charge is 0.328 e. The molecule has 0 saturated heterocycles. The second kappa shape index (κ2) is 7.25. The molecule has 1 aliphatic rings. The Labute approximate surface area is 159 Å². The van der Waals surface area contributed by atoms with Gasteiger partial charge in [-0.1, -0.05) is 18.2 Å². The van der Waals surface area contributed by atoms with E-state index < -0.39 is 0 Å². The average molecular weight is 365 g/mol. The Bertz CT molecular complexity index is 920. The van der Waals surface area contributed by atoms with Crippen molar-refractivity contribution in [1.82, 2.24) is 29.4 Å². The van der Waals surface area contributed by atoms with Gasteiger partial charge in [-0.3, -0.25) is 4.90 Å². The van der Waals surface area contributed by atoms with E-state index in [2.05, 4.69) is 64.1 Å². The SMILES string of the molecule is Cc1ccccc1-n1cc(CN(C)Cc2nnc(C3CC(N)C3)n2C)cn1. The number of benzene rings is 1. The Morgan fingerprint density at radius 1 is 1.19 bits per heavy atom. The molecule has 7 heteroatoms. The van der Waals surface area contributed by atoms with E-state index >= 15 is 0 Å². The van der Waals surface area contributed by atoms with E-state index in [0.29, 0.717) is 12.0 Å². The van der Waals surface area contributed by atoms with E-state index in [1.54, 1.807) is 0 Å². The fourth-order valence-corrected chi connectivity index (χ4v) is 3.74. The summed E-state index contributed by atoms with van der Waals surface area (Å²) in [6.45, 7) is 3.66. The molecule has 3 aromatic rings. The highest BCUT2D eigenvalue weighted by Crippen LogP contribution is 2.34. The van der Waals surface area contributed by atoms with Gasteiger partial charge in [0.25, 0.3) is 0 Å². The number of nitrogens with two attached hydrogens (primary N) is 1. The summed E-state index contributed by atoms with van der Waals surface area (Å²) in [5.74, 6) is 2.51. The lowest BCUT2D eigenvalue weighted by Gasteiger charge is -2.31. The second-order valence-electron chi connectivity index (χ2n) is 7.71. The number of para-hydroxylation sites is 1. The third kappa shape index (κ3) is 3.65. The molecule has 1 fully saturated rings. The number of aryl methyl sites for hydroxylation is 1. The van der Waals surface area contributed by atoms with Crippen LogP contribution in [-0.2, 0) is 20.1 Å². The molecule has 0 unspecified atom stereocenters. The molecule has 0 bridgehead atoms.